The summed E-state index contributed by atoms with van der Waals surface area (Å²) in [6, 6.07) is 8.00. The highest BCUT2D eigenvalue weighted by molar-refractivity contribution is 7.87. The Kier molecular flexibility index (Phi) is 6.41. The first kappa shape index (κ1) is 18.2. The van der Waals surface area contributed by atoms with E-state index in [-0.39, 0.29) is 6.04 Å². The molecule has 0 aromatic heterocycles. The molecule has 1 fully saturated rings. The maximum Gasteiger partial charge on any atom is 0.279 e. The monoisotopic (exact) mass is 341 g/mol. The van der Waals surface area contributed by atoms with Crippen molar-refractivity contribution in [1.82, 2.24) is 13.9 Å². The Hall–Kier alpha value is -1.15. The summed E-state index contributed by atoms with van der Waals surface area (Å²) in [4.78, 5) is 2.31. The van der Waals surface area contributed by atoms with Crippen molar-refractivity contribution in [3.63, 3.8) is 0 Å². The molecule has 130 valence electrons. The van der Waals surface area contributed by atoms with Crippen molar-refractivity contribution >= 4 is 10.2 Å². The van der Waals surface area contributed by atoms with Crippen LogP contribution in [0.2, 0.25) is 0 Å². The zero-order valence-electron chi connectivity index (χ0n) is 14.2. The fourth-order valence-electron chi connectivity index (χ4n) is 2.68. The van der Waals surface area contributed by atoms with Gasteiger partial charge in [0, 0.05) is 38.8 Å². The van der Waals surface area contributed by atoms with E-state index < -0.39 is 10.2 Å². The normalized spacial score (nSPS) is 17.6. The van der Waals surface area contributed by atoms with E-state index in [0.29, 0.717) is 13.1 Å². The predicted molar refractivity (Wildman–Crippen MR) is 91.9 cm³/mol. The van der Waals surface area contributed by atoms with E-state index >= 15 is 0 Å². The number of ether oxygens (including phenoxy) is 1. The van der Waals surface area contributed by atoms with Gasteiger partial charge in [-0.2, -0.15) is 17.4 Å². The van der Waals surface area contributed by atoms with Crippen molar-refractivity contribution in [3.8, 4) is 5.75 Å². The van der Waals surface area contributed by atoms with Crippen LogP contribution in [-0.4, -0.2) is 63.5 Å². The zero-order chi connectivity index (χ0) is 16.9. The third-order valence-electron chi connectivity index (χ3n) is 3.91. The first-order valence-corrected chi connectivity index (χ1v) is 9.47. The lowest BCUT2D eigenvalue weighted by molar-refractivity contribution is 0.188. The van der Waals surface area contributed by atoms with Gasteiger partial charge in [0.15, 0.2) is 0 Å². The van der Waals surface area contributed by atoms with Crippen LogP contribution in [-0.2, 0) is 16.6 Å². The lowest BCUT2D eigenvalue weighted by atomic mass is 10.1. The summed E-state index contributed by atoms with van der Waals surface area (Å²) in [6.45, 7) is 7.22. The van der Waals surface area contributed by atoms with Crippen molar-refractivity contribution in [2.45, 2.75) is 26.3 Å². The number of nitrogens with one attached hydrogen (secondary N) is 1. The lowest BCUT2D eigenvalue weighted by Crippen LogP contribution is -2.53. The van der Waals surface area contributed by atoms with Gasteiger partial charge in [-0.15, -0.1) is 0 Å². The van der Waals surface area contributed by atoms with Crippen molar-refractivity contribution in [3.05, 3.63) is 29.8 Å². The summed E-state index contributed by atoms with van der Waals surface area (Å²) >= 11 is 0. The van der Waals surface area contributed by atoms with Gasteiger partial charge < -0.3 is 9.64 Å². The van der Waals surface area contributed by atoms with E-state index in [0.717, 1.165) is 31.8 Å². The molecule has 23 heavy (non-hydrogen) atoms. The number of hydrogen-bond donors (Lipinski definition) is 1. The summed E-state index contributed by atoms with van der Waals surface area (Å²) in [5.74, 6) is 0.873. The molecule has 2 rings (SSSR count). The van der Waals surface area contributed by atoms with Gasteiger partial charge in [-0.05, 0) is 38.0 Å². The Morgan fingerprint density at radius 1 is 1.22 bits per heavy atom. The first-order valence-electron chi connectivity index (χ1n) is 8.03. The Labute approximate surface area is 139 Å². The molecule has 1 saturated heterocycles. The molecule has 1 aliphatic rings. The molecule has 1 aromatic carbocycles. The van der Waals surface area contributed by atoms with Crippen LogP contribution >= 0.6 is 0 Å². The second kappa shape index (κ2) is 8.10. The Bertz CT molecular complexity index is 596. The van der Waals surface area contributed by atoms with E-state index in [9.17, 15) is 8.42 Å². The summed E-state index contributed by atoms with van der Waals surface area (Å²) in [5, 5.41) is 0. The predicted octanol–water partition coefficient (Wildman–Crippen LogP) is 1.10. The minimum absolute atomic E-state index is 0.0777. The largest absolute Gasteiger partial charge is 0.497 e. The fraction of sp³-hybridized carbons (Fsp3) is 0.625. The third kappa shape index (κ3) is 5.46. The highest BCUT2D eigenvalue weighted by atomic mass is 32.2. The van der Waals surface area contributed by atoms with Gasteiger partial charge in [-0.1, -0.05) is 12.1 Å². The quantitative estimate of drug-likeness (QED) is 0.807. The second-order valence-electron chi connectivity index (χ2n) is 6.12. The standard InChI is InChI=1S/C16H27N3O3S/c1-14(2)17-23(20,21)19-11-9-18(10-12-19)8-7-15-5-4-6-16(13-15)22-3/h4-6,13-14,17H,7-12H2,1-3H3. The van der Waals surface area contributed by atoms with Crippen LogP contribution in [0, 0.1) is 0 Å². The number of piperazine rings is 1. The van der Waals surface area contributed by atoms with Crippen LogP contribution in [0.3, 0.4) is 0 Å². The van der Waals surface area contributed by atoms with Gasteiger partial charge in [-0.3, -0.25) is 0 Å². The molecule has 1 N–H and O–H groups in total. The smallest absolute Gasteiger partial charge is 0.279 e. The molecule has 0 unspecified atom stereocenters. The molecular weight excluding hydrogens is 314 g/mol. The molecule has 1 aromatic rings. The van der Waals surface area contributed by atoms with Crippen LogP contribution in [0.15, 0.2) is 24.3 Å². The number of methoxy groups -OCH3 is 1. The average molecular weight is 341 g/mol. The topological polar surface area (TPSA) is 61.9 Å². The summed E-state index contributed by atoms with van der Waals surface area (Å²) in [6.07, 6.45) is 0.939. The summed E-state index contributed by atoms with van der Waals surface area (Å²) in [5.41, 5.74) is 1.24. The molecule has 0 radical (unpaired) electrons. The molecule has 0 spiro atoms. The maximum absolute atomic E-state index is 12.1. The molecule has 1 aliphatic heterocycles. The summed E-state index contributed by atoms with van der Waals surface area (Å²) < 4.78 is 33.7. The molecule has 0 amide bonds. The van der Waals surface area contributed by atoms with E-state index in [4.69, 9.17) is 4.74 Å². The summed E-state index contributed by atoms with van der Waals surface area (Å²) in [7, 11) is -1.67. The molecule has 0 aliphatic carbocycles. The minimum atomic E-state index is -3.34. The van der Waals surface area contributed by atoms with E-state index in [1.165, 1.54) is 9.87 Å². The van der Waals surface area contributed by atoms with Gasteiger partial charge in [0.25, 0.3) is 10.2 Å². The number of hydrogen-bond acceptors (Lipinski definition) is 4. The molecule has 0 atom stereocenters. The van der Waals surface area contributed by atoms with Crippen LogP contribution < -0.4 is 9.46 Å². The Morgan fingerprint density at radius 2 is 1.91 bits per heavy atom. The van der Waals surface area contributed by atoms with E-state index in [2.05, 4.69) is 15.7 Å². The Balaban J connectivity index is 1.80. The van der Waals surface area contributed by atoms with Crippen molar-refractivity contribution in [1.29, 1.82) is 0 Å². The van der Waals surface area contributed by atoms with E-state index in [1.54, 1.807) is 7.11 Å². The fourth-order valence-corrected chi connectivity index (χ4v) is 4.07. The molecule has 7 heteroatoms. The molecule has 0 saturated carbocycles. The van der Waals surface area contributed by atoms with Gasteiger partial charge in [0.2, 0.25) is 0 Å². The highest BCUT2D eigenvalue weighted by Gasteiger charge is 2.26. The maximum atomic E-state index is 12.1. The van der Waals surface area contributed by atoms with E-state index in [1.807, 2.05) is 32.0 Å². The van der Waals surface area contributed by atoms with Gasteiger partial charge >= 0.3 is 0 Å². The van der Waals surface area contributed by atoms with Crippen molar-refractivity contribution in [2.24, 2.45) is 0 Å². The van der Waals surface area contributed by atoms with Gasteiger partial charge in [0.1, 0.15) is 5.75 Å². The zero-order valence-corrected chi connectivity index (χ0v) is 15.0. The second-order valence-corrected chi connectivity index (χ2v) is 7.82. The van der Waals surface area contributed by atoms with Crippen molar-refractivity contribution < 1.29 is 13.2 Å². The van der Waals surface area contributed by atoms with Crippen LogP contribution in [0.5, 0.6) is 5.75 Å². The average Bonchev–Trinajstić information content (AvgIpc) is 2.52. The first-order chi connectivity index (χ1) is 10.9. The molecule has 6 nitrogen and oxygen atoms in total. The molecule has 0 bridgehead atoms. The molecule has 1 heterocycles. The third-order valence-corrected chi connectivity index (χ3v) is 5.72. The van der Waals surface area contributed by atoms with Gasteiger partial charge in [-0.25, -0.2) is 0 Å². The number of benzene rings is 1. The number of nitrogens with zero attached hydrogens (tertiary/aromatic N) is 2. The lowest BCUT2D eigenvalue weighted by Gasteiger charge is -2.34. The van der Waals surface area contributed by atoms with Gasteiger partial charge in [0.05, 0.1) is 7.11 Å². The van der Waals surface area contributed by atoms with Crippen LogP contribution in [0.25, 0.3) is 0 Å². The van der Waals surface area contributed by atoms with Crippen LogP contribution in [0.4, 0.5) is 0 Å². The number of rotatable bonds is 7. The molecular formula is C16H27N3O3S. The SMILES string of the molecule is COc1cccc(CCN2CCN(S(=O)(=O)NC(C)C)CC2)c1. The highest BCUT2D eigenvalue weighted by Crippen LogP contribution is 2.14. The van der Waals surface area contributed by atoms with Crippen molar-refractivity contribution in [2.75, 3.05) is 39.8 Å². The van der Waals surface area contributed by atoms with Crippen LogP contribution in [0.1, 0.15) is 19.4 Å². The Morgan fingerprint density at radius 3 is 2.52 bits per heavy atom. The minimum Gasteiger partial charge on any atom is -0.497 e.